The van der Waals surface area contributed by atoms with E-state index in [1.165, 1.54) is 6.07 Å². The molecule has 0 aliphatic heterocycles. The largest absolute Gasteiger partial charge is 0.452 e. The Morgan fingerprint density at radius 2 is 1.94 bits per heavy atom. The van der Waals surface area contributed by atoms with E-state index in [1.54, 1.807) is 35.1 Å². The maximum Gasteiger partial charge on any atom is 0.339 e. The predicted molar refractivity (Wildman–Crippen MR) is 115 cm³/mol. The number of esters is 1. The van der Waals surface area contributed by atoms with Crippen molar-refractivity contribution in [2.75, 3.05) is 13.2 Å². The Hall–Kier alpha value is -3.29. The van der Waals surface area contributed by atoms with E-state index in [2.05, 4.69) is 15.4 Å². The summed E-state index contributed by atoms with van der Waals surface area (Å²) in [7, 11) is 0. The molecular weight excluding hydrogens is 399 g/mol. The first kappa shape index (κ1) is 22.4. The average molecular weight is 426 g/mol. The third-order valence-corrected chi connectivity index (χ3v) is 4.90. The molecule has 2 heterocycles. The van der Waals surface area contributed by atoms with Crippen molar-refractivity contribution in [2.24, 2.45) is 0 Å². The molecule has 0 spiro atoms. The number of halogens is 1. The minimum atomic E-state index is -0.609. The van der Waals surface area contributed by atoms with Crippen molar-refractivity contribution in [1.82, 2.24) is 20.1 Å². The number of hydrogen-bond acceptors (Lipinski definition) is 5. The van der Waals surface area contributed by atoms with Crippen LogP contribution in [-0.2, 0) is 16.0 Å². The summed E-state index contributed by atoms with van der Waals surface area (Å²) < 4.78 is 20.6. The molecule has 0 radical (unpaired) electrons. The van der Waals surface area contributed by atoms with Gasteiger partial charge in [-0.3, -0.25) is 4.79 Å². The SMILES string of the molecule is CC(C)c1cc(C(=O)OCC(=O)NCCc2ccccc2F)c2cnn(C(C)C)c2n1. The second kappa shape index (κ2) is 9.68. The van der Waals surface area contributed by atoms with Crippen LogP contribution < -0.4 is 5.32 Å². The molecular formula is C23H27FN4O3. The number of pyridine rings is 1. The normalized spacial score (nSPS) is 11.3. The van der Waals surface area contributed by atoms with E-state index in [1.807, 2.05) is 27.7 Å². The smallest absolute Gasteiger partial charge is 0.339 e. The van der Waals surface area contributed by atoms with E-state index in [9.17, 15) is 14.0 Å². The highest BCUT2D eigenvalue weighted by Crippen LogP contribution is 2.24. The van der Waals surface area contributed by atoms with Crippen LogP contribution in [0.15, 0.2) is 36.5 Å². The van der Waals surface area contributed by atoms with Crippen LogP contribution in [0.1, 0.15) is 61.3 Å². The molecule has 31 heavy (non-hydrogen) atoms. The molecule has 0 unspecified atom stereocenters. The maximum absolute atomic E-state index is 13.6. The molecule has 164 valence electrons. The number of ether oxygens (including phenoxy) is 1. The van der Waals surface area contributed by atoms with Crippen molar-refractivity contribution in [3.8, 4) is 0 Å². The van der Waals surface area contributed by atoms with Crippen LogP contribution in [0.2, 0.25) is 0 Å². The van der Waals surface area contributed by atoms with E-state index < -0.39 is 18.5 Å². The lowest BCUT2D eigenvalue weighted by atomic mass is 10.1. The maximum atomic E-state index is 13.6. The van der Waals surface area contributed by atoms with Crippen molar-refractivity contribution in [3.05, 3.63) is 59.2 Å². The molecule has 3 rings (SSSR count). The molecule has 1 amide bonds. The summed E-state index contributed by atoms with van der Waals surface area (Å²) in [5.41, 5.74) is 2.21. The van der Waals surface area contributed by atoms with Gasteiger partial charge in [0.2, 0.25) is 0 Å². The summed E-state index contributed by atoms with van der Waals surface area (Å²) in [6, 6.07) is 8.17. The first-order valence-electron chi connectivity index (χ1n) is 10.3. The van der Waals surface area contributed by atoms with Crippen LogP contribution >= 0.6 is 0 Å². The lowest BCUT2D eigenvalue weighted by Gasteiger charge is -2.12. The minimum Gasteiger partial charge on any atom is -0.452 e. The molecule has 0 aliphatic rings. The van der Waals surface area contributed by atoms with Gasteiger partial charge < -0.3 is 10.1 Å². The van der Waals surface area contributed by atoms with Crippen LogP contribution in [0.3, 0.4) is 0 Å². The Bertz CT molecular complexity index is 1090. The summed E-state index contributed by atoms with van der Waals surface area (Å²) in [6.07, 6.45) is 1.95. The second-order valence-electron chi connectivity index (χ2n) is 7.94. The predicted octanol–water partition coefficient (Wildman–Crippen LogP) is 3.79. The molecule has 8 heteroatoms. The number of hydrogen-bond donors (Lipinski definition) is 1. The summed E-state index contributed by atoms with van der Waals surface area (Å²) >= 11 is 0. The van der Waals surface area contributed by atoms with Gasteiger partial charge in [-0.1, -0.05) is 32.0 Å². The van der Waals surface area contributed by atoms with Crippen LogP contribution in [0, 0.1) is 5.82 Å². The number of aromatic nitrogens is 3. The van der Waals surface area contributed by atoms with Gasteiger partial charge in [-0.25, -0.2) is 18.9 Å². The van der Waals surface area contributed by atoms with Crippen LogP contribution in [0.5, 0.6) is 0 Å². The van der Waals surface area contributed by atoms with Gasteiger partial charge in [-0.15, -0.1) is 0 Å². The van der Waals surface area contributed by atoms with Crippen LogP contribution in [0.25, 0.3) is 11.0 Å². The number of rotatable bonds is 8. The third kappa shape index (κ3) is 5.25. The Kier molecular flexibility index (Phi) is 6.99. The van der Waals surface area contributed by atoms with E-state index >= 15 is 0 Å². The highest BCUT2D eigenvalue weighted by molar-refractivity contribution is 6.03. The lowest BCUT2D eigenvalue weighted by molar-refractivity contribution is -0.124. The molecule has 1 aromatic carbocycles. The van der Waals surface area contributed by atoms with Gasteiger partial charge in [0.15, 0.2) is 12.3 Å². The summed E-state index contributed by atoms with van der Waals surface area (Å²) in [5, 5.41) is 7.57. The lowest BCUT2D eigenvalue weighted by Crippen LogP contribution is -2.30. The molecule has 0 saturated carbocycles. The molecule has 7 nitrogen and oxygen atoms in total. The molecule has 0 atom stereocenters. The molecule has 0 fully saturated rings. The fourth-order valence-corrected chi connectivity index (χ4v) is 3.18. The number of nitrogens with zero attached hydrogens (tertiary/aromatic N) is 3. The van der Waals surface area contributed by atoms with Crippen molar-refractivity contribution < 1.29 is 18.7 Å². The molecule has 3 aromatic rings. The summed E-state index contributed by atoms with van der Waals surface area (Å²) in [6.45, 7) is 7.77. The quantitative estimate of drug-likeness (QED) is 0.554. The molecule has 0 saturated heterocycles. The van der Waals surface area contributed by atoms with Gasteiger partial charge in [0, 0.05) is 18.3 Å². The van der Waals surface area contributed by atoms with Crippen molar-refractivity contribution in [2.45, 2.75) is 46.1 Å². The van der Waals surface area contributed by atoms with Gasteiger partial charge in [-0.05, 0) is 43.9 Å². The van der Waals surface area contributed by atoms with Crippen molar-refractivity contribution >= 4 is 22.9 Å². The number of nitrogens with one attached hydrogen (secondary N) is 1. The van der Waals surface area contributed by atoms with E-state index in [4.69, 9.17) is 4.74 Å². The standard InChI is InChI=1S/C23H27FN4O3/c1-14(2)20-11-17(18-12-26-28(15(3)4)22(18)27-20)23(30)31-13-21(29)25-10-9-16-7-5-6-8-19(16)24/h5-8,11-12,14-15H,9-10,13H2,1-4H3,(H,25,29). The zero-order chi connectivity index (χ0) is 22.5. The number of fused-ring (bicyclic) bond motifs is 1. The Balaban J connectivity index is 1.66. The molecule has 1 N–H and O–H groups in total. The number of amides is 1. The number of carbonyl (C=O) groups excluding carboxylic acids is 2. The van der Waals surface area contributed by atoms with Gasteiger partial charge in [0.05, 0.1) is 17.1 Å². The fourth-order valence-electron chi connectivity index (χ4n) is 3.18. The van der Waals surface area contributed by atoms with E-state index in [0.29, 0.717) is 28.6 Å². The Morgan fingerprint density at radius 3 is 2.61 bits per heavy atom. The van der Waals surface area contributed by atoms with Gasteiger partial charge in [-0.2, -0.15) is 5.10 Å². The van der Waals surface area contributed by atoms with Crippen molar-refractivity contribution in [1.29, 1.82) is 0 Å². The summed E-state index contributed by atoms with van der Waals surface area (Å²) in [4.78, 5) is 29.5. The monoisotopic (exact) mass is 426 g/mol. The van der Waals surface area contributed by atoms with Gasteiger partial charge >= 0.3 is 5.97 Å². The highest BCUT2D eigenvalue weighted by Gasteiger charge is 2.20. The second-order valence-corrected chi connectivity index (χ2v) is 7.94. The molecule has 2 aromatic heterocycles. The average Bonchev–Trinajstić information content (AvgIpc) is 3.17. The third-order valence-electron chi connectivity index (χ3n) is 4.90. The van der Waals surface area contributed by atoms with Crippen LogP contribution in [0.4, 0.5) is 4.39 Å². The zero-order valence-electron chi connectivity index (χ0n) is 18.2. The van der Waals surface area contributed by atoms with Gasteiger partial charge in [0.25, 0.3) is 5.91 Å². The zero-order valence-corrected chi connectivity index (χ0v) is 18.2. The topological polar surface area (TPSA) is 86.1 Å². The Labute approximate surface area is 180 Å². The highest BCUT2D eigenvalue weighted by atomic mass is 19.1. The van der Waals surface area contributed by atoms with E-state index in [-0.39, 0.29) is 24.3 Å². The molecule has 0 bridgehead atoms. The minimum absolute atomic E-state index is 0.0801. The first-order valence-corrected chi connectivity index (χ1v) is 10.3. The van der Waals surface area contributed by atoms with Crippen LogP contribution in [-0.4, -0.2) is 39.8 Å². The molecule has 0 aliphatic carbocycles. The Morgan fingerprint density at radius 1 is 1.19 bits per heavy atom. The number of benzene rings is 1. The number of carbonyl (C=O) groups is 2. The van der Waals surface area contributed by atoms with Gasteiger partial charge in [0.1, 0.15) is 5.82 Å². The van der Waals surface area contributed by atoms with E-state index in [0.717, 1.165) is 5.69 Å². The van der Waals surface area contributed by atoms with Crippen molar-refractivity contribution in [3.63, 3.8) is 0 Å². The first-order chi connectivity index (χ1) is 14.8. The fraction of sp³-hybridized carbons (Fsp3) is 0.391. The summed E-state index contributed by atoms with van der Waals surface area (Å²) in [5.74, 6) is -1.26.